The van der Waals surface area contributed by atoms with Crippen molar-refractivity contribution in [2.24, 2.45) is 0 Å². The van der Waals surface area contributed by atoms with E-state index >= 15 is 0 Å². The third-order valence-electron chi connectivity index (χ3n) is 3.66. The second kappa shape index (κ2) is 7.37. The molecule has 1 aliphatic heterocycles. The molecule has 2 rings (SSSR count). The van der Waals surface area contributed by atoms with Crippen molar-refractivity contribution in [1.82, 2.24) is 10.2 Å². The quantitative estimate of drug-likeness (QED) is 0.831. The van der Waals surface area contributed by atoms with Gasteiger partial charge >= 0.3 is 6.03 Å². The first-order chi connectivity index (χ1) is 10.4. The SMILES string of the molecule is C[C@H](CNC(=O)N1CC[C@@H](S(C)(=O)=O)C1)Sc1ccccc1. The zero-order chi connectivity index (χ0) is 16.2. The Hall–Kier alpha value is -1.21. The largest absolute Gasteiger partial charge is 0.337 e. The highest BCUT2D eigenvalue weighted by molar-refractivity contribution is 8.00. The Bertz CT molecular complexity index is 604. The number of urea groups is 1. The number of thioether (sulfide) groups is 1. The number of amides is 2. The number of hydrogen-bond donors (Lipinski definition) is 1. The van der Waals surface area contributed by atoms with E-state index in [1.165, 1.54) is 11.2 Å². The van der Waals surface area contributed by atoms with Crippen molar-refractivity contribution >= 4 is 27.6 Å². The van der Waals surface area contributed by atoms with E-state index in [2.05, 4.69) is 12.2 Å². The van der Waals surface area contributed by atoms with Gasteiger partial charge in [-0.25, -0.2) is 13.2 Å². The van der Waals surface area contributed by atoms with Gasteiger partial charge in [-0.05, 0) is 18.6 Å². The molecule has 1 aromatic rings. The highest BCUT2D eigenvalue weighted by atomic mass is 32.2. The minimum Gasteiger partial charge on any atom is -0.337 e. The zero-order valence-corrected chi connectivity index (χ0v) is 14.5. The second-order valence-corrected chi connectivity index (χ2v) is 9.45. The van der Waals surface area contributed by atoms with Crippen LogP contribution >= 0.6 is 11.8 Å². The Morgan fingerprint density at radius 2 is 2.09 bits per heavy atom. The molecule has 1 aromatic carbocycles. The monoisotopic (exact) mass is 342 g/mol. The number of hydrogen-bond acceptors (Lipinski definition) is 4. The standard InChI is InChI=1S/C15H22N2O3S2/c1-12(21-13-6-4-3-5-7-13)10-16-15(18)17-9-8-14(11-17)22(2,19)20/h3-7,12,14H,8-11H2,1-2H3,(H,16,18)/t12-,14-/m1/s1. The maximum absolute atomic E-state index is 12.1. The van der Waals surface area contributed by atoms with E-state index in [1.54, 1.807) is 16.7 Å². The smallest absolute Gasteiger partial charge is 0.317 e. The second-order valence-electron chi connectivity index (χ2n) is 5.61. The average Bonchev–Trinajstić information content (AvgIpc) is 2.96. The Morgan fingerprint density at radius 1 is 1.41 bits per heavy atom. The Balaban J connectivity index is 1.76. The molecule has 7 heteroatoms. The summed E-state index contributed by atoms with van der Waals surface area (Å²) < 4.78 is 23.0. The van der Waals surface area contributed by atoms with Crippen molar-refractivity contribution in [3.8, 4) is 0 Å². The topological polar surface area (TPSA) is 66.5 Å². The van der Waals surface area contributed by atoms with Gasteiger partial charge in [0.1, 0.15) is 0 Å². The molecule has 1 heterocycles. The first kappa shape index (κ1) is 17.1. The first-order valence-electron chi connectivity index (χ1n) is 7.29. The highest BCUT2D eigenvalue weighted by Crippen LogP contribution is 2.22. The number of sulfone groups is 1. The summed E-state index contributed by atoms with van der Waals surface area (Å²) in [6.45, 7) is 3.41. The van der Waals surface area contributed by atoms with Crippen LogP contribution in [0.2, 0.25) is 0 Å². The summed E-state index contributed by atoms with van der Waals surface area (Å²) >= 11 is 1.70. The number of nitrogens with zero attached hydrogens (tertiary/aromatic N) is 1. The van der Waals surface area contributed by atoms with Crippen molar-refractivity contribution in [2.75, 3.05) is 25.9 Å². The number of carbonyl (C=O) groups is 1. The molecule has 0 saturated carbocycles. The Kier molecular flexibility index (Phi) is 5.74. The van der Waals surface area contributed by atoms with Crippen molar-refractivity contribution in [1.29, 1.82) is 0 Å². The van der Waals surface area contributed by atoms with Crippen LogP contribution in [-0.2, 0) is 9.84 Å². The summed E-state index contributed by atoms with van der Waals surface area (Å²) in [5.74, 6) is 0. The molecule has 0 aromatic heterocycles. The molecule has 2 amide bonds. The van der Waals surface area contributed by atoms with E-state index in [0.29, 0.717) is 26.1 Å². The minimum atomic E-state index is -3.07. The number of carbonyl (C=O) groups excluding carboxylic acids is 1. The molecule has 0 radical (unpaired) electrons. The van der Waals surface area contributed by atoms with Gasteiger partial charge in [0.15, 0.2) is 9.84 Å². The van der Waals surface area contributed by atoms with Crippen molar-refractivity contribution in [3.63, 3.8) is 0 Å². The van der Waals surface area contributed by atoms with E-state index in [1.807, 2.05) is 30.3 Å². The Morgan fingerprint density at radius 3 is 2.68 bits per heavy atom. The van der Waals surface area contributed by atoms with Gasteiger partial charge in [-0.2, -0.15) is 0 Å². The van der Waals surface area contributed by atoms with Crippen LogP contribution in [-0.4, -0.2) is 55.7 Å². The normalized spacial score (nSPS) is 19.9. The molecular weight excluding hydrogens is 320 g/mol. The molecule has 0 bridgehead atoms. The van der Waals surface area contributed by atoms with Gasteiger partial charge in [-0.3, -0.25) is 0 Å². The summed E-state index contributed by atoms with van der Waals surface area (Å²) in [4.78, 5) is 14.8. The molecule has 1 fully saturated rings. The van der Waals surface area contributed by atoms with Crippen LogP contribution in [0.4, 0.5) is 4.79 Å². The van der Waals surface area contributed by atoms with Crippen LogP contribution in [0, 0.1) is 0 Å². The molecule has 1 N–H and O–H groups in total. The van der Waals surface area contributed by atoms with Crippen LogP contribution in [0.15, 0.2) is 35.2 Å². The molecule has 5 nitrogen and oxygen atoms in total. The predicted octanol–water partition coefficient (Wildman–Crippen LogP) is 2.00. The number of nitrogens with one attached hydrogen (secondary N) is 1. The average molecular weight is 342 g/mol. The summed E-state index contributed by atoms with van der Waals surface area (Å²) in [6.07, 6.45) is 1.76. The maximum atomic E-state index is 12.1. The summed E-state index contributed by atoms with van der Waals surface area (Å²) in [6, 6.07) is 9.86. The maximum Gasteiger partial charge on any atom is 0.317 e. The molecule has 1 saturated heterocycles. The molecule has 1 aliphatic rings. The summed E-state index contributed by atoms with van der Waals surface area (Å²) in [5, 5.41) is 2.72. The zero-order valence-electron chi connectivity index (χ0n) is 12.9. The van der Waals surface area contributed by atoms with Gasteiger partial charge < -0.3 is 10.2 Å². The molecule has 2 atom stereocenters. The Labute approximate surface area is 136 Å². The van der Waals surface area contributed by atoms with Crippen molar-refractivity contribution < 1.29 is 13.2 Å². The van der Waals surface area contributed by atoms with E-state index < -0.39 is 15.1 Å². The number of rotatable bonds is 5. The molecule has 22 heavy (non-hydrogen) atoms. The van der Waals surface area contributed by atoms with E-state index in [9.17, 15) is 13.2 Å². The van der Waals surface area contributed by atoms with E-state index in [4.69, 9.17) is 0 Å². The lowest BCUT2D eigenvalue weighted by Crippen LogP contribution is -2.41. The lowest BCUT2D eigenvalue weighted by molar-refractivity contribution is 0.209. The fourth-order valence-corrected chi connectivity index (χ4v) is 4.31. The highest BCUT2D eigenvalue weighted by Gasteiger charge is 2.32. The van der Waals surface area contributed by atoms with Gasteiger partial charge in [-0.15, -0.1) is 11.8 Å². The predicted molar refractivity (Wildman–Crippen MR) is 90.0 cm³/mol. The molecule has 0 unspecified atom stereocenters. The lowest BCUT2D eigenvalue weighted by atomic mass is 10.4. The van der Waals surface area contributed by atoms with Crippen LogP contribution in [0.25, 0.3) is 0 Å². The van der Waals surface area contributed by atoms with Crippen LogP contribution in [0.5, 0.6) is 0 Å². The number of benzene rings is 1. The fourth-order valence-electron chi connectivity index (χ4n) is 2.38. The molecule has 0 spiro atoms. The first-order valence-corrected chi connectivity index (χ1v) is 10.1. The van der Waals surface area contributed by atoms with Gasteiger partial charge in [0.05, 0.1) is 5.25 Å². The third-order valence-corrected chi connectivity index (χ3v) is 6.37. The van der Waals surface area contributed by atoms with Crippen LogP contribution < -0.4 is 5.32 Å². The van der Waals surface area contributed by atoms with Crippen molar-refractivity contribution in [2.45, 2.75) is 28.7 Å². The van der Waals surface area contributed by atoms with Gasteiger partial charge in [0.25, 0.3) is 0 Å². The summed E-state index contributed by atoms with van der Waals surface area (Å²) in [5.41, 5.74) is 0. The molecule has 122 valence electrons. The van der Waals surface area contributed by atoms with Crippen LogP contribution in [0.1, 0.15) is 13.3 Å². The number of likely N-dealkylation sites (tertiary alicyclic amines) is 1. The molecule has 0 aliphatic carbocycles. The van der Waals surface area contributed by atoms with Gasteiger partial charge in [0.2, 0.25) is 0 Å². The van der Waals surface area contributed by atoms with Gasteiger partial charge in [0, 0.05) is 36.0 Å². The van der Waals surface area contributed by atoms with E-state index in [0.717, 1.165) is 0 Å². The summed E-state index contributed by atoms with van der Waals surface area (Å²) in [7, 11) is -3.07. The van der Waals surface area contributed by atoms with Crippen molar-refractivity contribution in [3.05, 3.63) is 30.3 Å². The third kappa shape index (κ3) is 4.91. The fraction of sp³-hybridized carbons (Fsp3) is 0.533. The lowest BCUT2D eigenvalue weighted by Gasteiger charge is -2.19. The van der Waals surface area contributed by atoms with E-state index in [-0.39, 0.29) is 11.3 Å². The minimum absolute atomic E-state index is 0.174. The molecular formula is C15H22N2O3S2. The van der Waals surface area contributed by atoms with Crippen LogP contribution in [0.3, 0.4) is 0 Å². The van der Waals surface area contributed by atoms with Gasteiger partial charge in [-0.1, -0.05) is 25.1 Å².